The van der Waals surface area contributed by atoms with E-state index in [-0.39, 0.29) is 23.3 Å². The van der Waals surface area contributed by atoms with Crippen molar-refractivity contribution in [1.82, 2.24) is 9.88 Å². The summed E-state index contributed by atoms with van der Waals surface area (Å²) in [6, 6.07) is 1.65. The number of hydrogen-bond donors (Lipinski definition) is 1. The molecule has 2 atom stereocenters. The van der Waals surface area contributed by atoms with E-state index in [2.05, 4.69) is 9.88 Å². The van der Waals surface area contributed by atoms with Gasteiger partial charge in [0.1, 0.15) is 5.75 Å². The van der Waals surface area contributed by atoms with Gasteiger partial charge in [-0.05, 0) is 26.2 Å². The van der Waals surface area contributed by atoms with Crippen molar-refractivity contribution in [2.45, 2.75) is 50.5 Å². The maximum atomic E-state index is 12.2. The normalized spacial score (nSPS) is 28.1. The van der Waals surface area contributed by atoms with Gasteiger partial charge in [0.05, 0.1) is 11.8 Å². The summed E-state index contributed by atoms with van der Waals surface area (Å²) >= 11 is 0. The first-order valence-corrected chi connectivity index (χ1v) is 8.55. The van der Waals surface area contributed by atoms with Crippen molar-refractivity contribution < 1.29 is 17.7 Å². The Morgan fingerprint density at radius 1 is 1.55 bits per heavy atom. The second-order valence-corrected chi connectivity index (χ2v) is 7.66. The van der Waals surface area contributed by atoms with Crippen molar-refractivity contribution in [2.75, 3.05) is 7.11 Å². The summed E-state index contributed by atoms with van der Waals surface area (Å²) in [5, 5.41) is 3.71. The Labute approximate surface area is 118 Å². The number of nitrogens with zero attached hydrogens (tertiary/aromatic N) is 1. The van der Waals surface area contributed by atoms with Crippen molar-refractivity contribution >= 4 is 10.0 Å². The Hall–Kier alpha value is -0.920. The molecule has 1 heterocycles. The second kappa shape index (κ2) is 4.82. The SMILES string of the molecule is CO[C@@H]1C[C@@H](NS(=O)(=O)Cc2cc(C)no2)C12CCC2. The van der Waals surface area contributed by atoms with Crippen LogP contribution in [0.5, 0.6) is 0 Å². The largest absolute Gasteiger partial charge is 0.381 e. The molecule has 2 aliphatic carbocycles. The van der Waals surface area contributed by atoms with Crippen molar-refractivity contribution in [3.63, 3.8) is 0 Å². The molecule has 0 amide bonds. The van der Waals surface area contributed by atoms with Gasteiger partial charge in [0.25, 0.3) is 0 Å². The van der Waals surface area contributed by atoms with Crippen LogP contribution in [0.15, 0.2) is 10.6 Å². The first-order valence-electron chi connectivity index (χ1n) is 6.90. The van der Waals surface area contributed by atoms with E-state index in [9.17, 15) is 8.42 Å². The summed E-state index contributed by atoms with van der Waals surface area (Å²) in [5.74, 6) is 0.221. The van der Waals surface area contributed by atoms with Gasteiger partial charge >= 0.3 is 0 Å². The average molecular weight is 300 g/mol. The zero-order valence-electron chi connectivity index (χ0n) is 11.8. The van der Waals surface area contributed by atoms with E-state index in [0.29, 0.717) is 11.5 Å². The highest BCUT2D eigenvalue weighted by molar-refractivity contribution is 7.88. The van der Waals surface area contributed by atoms with Gasteiger partial charge in [-0.2, -0.15) is 0 Å². The molecule has 2 saturated carbocycles. The first kappa shape index (κ1) is 14.0. The highest BCUT2D eigenvalue weighted by Gasteiger charge is 2.59. The van der Waals surface area contributed by atoms with Crippen LogP contribution >= 0.6 is 0 Å². The predicted octanol–water partition coefficient (Wildman–Crippen LogP) is 1.36. The van der Waals surface area contributed by atoms with Crippen LogP contribution in [0.1, 0.15) is 37.1 Å². The molecule has 20 heavy (non-hydrogen) atoms. The fourth-order valence-electron chi connectivity index (χ4n) is 3.43. The fraction of sp³-hybridized carbons (Fsp3) is 0.769. The van der Waals surface area contributed by atoms with Crippen LogP contribution in [0.4, 0.5) is 0 Å². The molecule has 6 nitrogen and oxygen atoms in total. The molecular formula is C13H20N2O4S. The molecule has 1 N–H and O–H groups in total. The molecule has 0 saturated heterocycles. The van der Waals surface area contributed by atoms with Crippen LogP contribution in [0, 0.1) is 12.3 Å². The van der Waals surface area contributed by atoms with Crippen LogP contribution in [0.2, 0.25) is 0 Å². The van der Waals surface area contributed by atoms with Crippen molar-refractivity contribution in [3.05, 3.63) is 17.5 Å². The van der Waals surface area contributed by atoms with Gasteiger partial charge < -0.3 is 9.26 Å². The quantitative estimate of drug-likeness (QED) is 0.888. The van der Waals surface area contributed by atoms with Gasteiger partial charge in [0.15, 0.2) is 5.76 Å². The highest BCUT2D eigenvalue weighted by atomic mass is 32.2. The van der Waals surface area contributed by atoms with Gasteiger partial charge in [-0.15, -0.1) is 0 Å². The highest BCUT2D eigenvalue weighted by Crippen LogP contribution is 2.57. The minimum absolute atomic E-state index is 0.00443. The monoisotopic (exact) mass is 300 g/mol. The summed E-state index contributed by atoms with van der Waals surface area (Å²) in [4.78, 5) is 0. The number of sulfonamides is 1. The predicted molar refractivity (Wildman–Crippen MR) is 72.5 cm³/mol. The third-order valence-corrected chi connectivity index (χ3v) is 5.99. The molecule has 2 fully saturated rings. The zero-order chi connectivity index (χ0) is 14.4. The summed E-state index contributed by atoms with van der Waals surface area (Å²) in [6.07, 6.45) is 4.18. The first-order chi connectivity index (χ1) is 9.45. The van der Waals surface area contributed by atoms with Crippen molar-refractivity contribution in [3.8, 4) is 0 Å². The third-order valence-electron chi connectivity index (χ3n) is 4.68. The molecule has 112 valence electrons. The molecule has 1 aromatic heterocycles. The van der Waals surface area contributed by atoms with Crippen LogP contribution in [0.25, 0.3) is 0 Å². The lowest BCUT2D eigenvalue weighted by molar-refractivity contribution is -0.155. The van der Waals surface area contributed by atoms with Crippen LogP contribution in [0.3, 0.4) is 0 Å². The minimum Gasteiger partial charge on any atom is -0.381 e. The fourth-order valence-corrected chi connectivity index (χ4v) is 4.79. The van der Waals surface area contributed by atoms with E-state index >= 15 is 0 Å². The molecule has 2 aliphatic rings. The number of rotatable bonds is 5. The van der Waals surface area contributed by atoms with Gasteiger partial charge in [-0.3, -0.25) is 0 Å². The zero-order valence-corrected chi connectivity index (χ0v) is 12.6. The summed E-state index contributed by atoms with van der Waals surface area (Å²) < 4.78 is 37.6. The molecule has 1 spiro atoms. The van der Waals surface area contributed by atoms with E-state index in [1.165, 1.54) is 0 Å². The maximum Gasteiger partial charge on any atom is 0.219 e. The van der Waals surface area contributed by atoms with Crippen LogP contribution in [-0.2, 0) is 20.5 Å². The van der Waals surface area contributed by atoms with E-state index < -0.39 is 10.0 Å². The van der Waals surface area contributed by atoms with E-state index in [1.807, 2.05) is 0 Å². The summed E-state index contributed by atoms with van der Waals surface area (Å²) in [5.41, 5.74) is 0.716. The van der Waals surface area contributed by atoms with E-state index in [4.69, 9.17) is 9.26 Å². The molecule has 0 bridgehead atoms. The standard InChI is InChI=1S/C13H20N2O4S/c1-9-6-10(19-14-9)8-20(16,17)15-11-7-12(18-2)13(11)4-3-5-13/h6,11-12,15H,3-5,7-8H2,1-2H3/t11-,12-/m1/s1. The molecule has 1 aromatic rings. The number of hydrogen-bond acceptors (Lipinski definition) is 5. The molecule has 0 aliphatic heterocycles. The number of aromatic nitrogens is 1. The molecule has 0 unspecified atom stereocenters. The van der Waals surface area contributed by atoms with Gasteiger partial charge in [-0.25, -0.2) is 13.1 Å². The summed E-state index contributed by atoms with van der Waals surface area (Å²) in [6.45, 7) is 1.77. The molecule has 0 radical (unpaired) electrons. The molecular weight excluding hydrogens is 280 g/mol. The molecule has 3 rings (SSSR count). The number of ether oxygens (including phenoxy) is 1. The molecule has 7 heteroatoms. The third kappa shape index (κ3) is 2.27. The lowest BCUT2D eigenvalue weighted by Crippen LogP contribution is -2.67. The van der Waals surface area contributed by atoms with Gasteiger partial charge in [0.2, 0.25) is 10.0 Å². The lowest BCUT2D eigenvalue weighted by atomic mass is 9.51. The van der Waals surface area contributed by atoms with E-state index in [0.717, 1.165) is 25.7 Å². The number of methoxy groups -OCH3 is 1. The number of nitrogens with one attached hydrogen (secondary N) is 1. The molecule has 0 aromatic carbocycles. The Bertz CT molecular complexity index is 591. The Balaban J connectivity index is 1.65. The topological polar surface area (TPSA) is 81.4 Å². The summed E-state index contributed by atoms with van der Waals surface area (Å²) in [7, 11) is -1.70. The Kier molecular flexibility index (Phi) is 3.38. The number of aryl methyl sites for hydroxylation is 1. The van der Waals surface area contributed by atoms with Crippen LogP contribution in [-0.4, -0.2) is 32.8 Å². The second-order valence-electron chi connectivity index (χ2n) is 5.91. The van der Waals surface area contributed by atoms with Gasteiger partial charge in [0, 0.05) is 24.6 Å². The van der Waals surface area contributed by atoms with Crippen LogP contribution < -0.4 is 4.72 Å². The average Bonchev–Trinajstić information content (AvgIpc) is 2.66. The van der Waals surface area contributed by atoms with E-state index in [1.54, 1.807) is 20.1 Å². The van der Waals surface area contributed by atoms with Gasteiger partial charge in [-0.1, -0.05) is 11.6 Å². The minimum atomic E-state index is -3.40. The maximum absolute atomic E-state index is 12.2. The lowest BCUT2D eigenvalue weighted by Gasteiger charge is -2.60. The smallest absolute Gasteiger partial charge is 0.219 e. The van der Waals surface area contributed by atoms with Crippen molar-refractivity contribution in [1.29, 1.82) is 0 Å². The Morgan fingerprint density at radius 2 is 2.30 bits per heavy atom. The van der Waals surface area contributed by atoms with Crippen molar-refractivity contribution in [2.24, 2.45) is 5.41 Å². The Morgan fingerprint density at radius 3 is 2.80 bits per heavy atom.